The molecule has 0 aliphatic heterocycles. The number of aromatic amines is 1. The third kappa shape index (κ3) is 2.80. The van der Waals surface area contributed by atoms with E-state index in [0.29, 0.717) is 15.4 Å². The van der Waals surface area contributed by atoms with E-state index in [9.17, 15) is 5.11 Å². The Hall–Kier alpha value is -1.56. The number of thiazole rings is 1. The van der Waals surface area contributed by atoms with E-state index < -0.39 is 0 Å². The van der Waals surface area contributed by atoms with Gasteiger partial charge in [0.1, 0.15) is 11.5 Å². The third-order valence-corrected chi connectivity index (χ3v) is 4.30. The first kappa shape index (κ1) is 13.4. The first-order valence-corrected chi connectivity index (χ1v) is 7.48. The van der Waals surface area contributed by atoms with Gasteiger partial charge in [-0.3, -0.25) is 0 Å². The van der Waals surface area contributed by atoms with E-state index in [0.717, 1.165) is 22.0 Å². The van der Waals surface area contributed by atoms with Gasteiger partial charge in [-0.25, -0.2) is 0 Å². The zero-order valence-electron chi connectivity index (χ0n) is 10.2. The lowest BCUT2D eigenvalue weighted by Gasteiger charge is -1.98. The fourth-order valence-electron chi connectivity index (χ4n) is 1.87. The highest BCUT2D eigenvalue weighted by atomic mass is 35.5. The number of benzene rings is 1. The summed E-state index contributed by atoms with van der Waals surface area (Å²) in [7, 11) is 0. The van der Waals surface area contributed by atoms with Crippen molar-refractivity contribution in [2.45, 2.75) is 6.42 Å². The molecule has 0 bridgehead atoms. The molecule has 2 aromatic heterocycles. The third-order valence-electron chi connectivity index (χ3n) is 2.83. The number of nitrogens with one attached hydrogen (secondary N) is 1. The van der Waals surface area contributed by atoms with Gasteiger partial charge in [-0.1, -0.05) is 11.6 Å². The number of hydrogen-bond acceptors (Lipinski definition) is 4. The minimum Gasteiger partial charge on any atom is -0.494 e. The van der Waals surface area contributed by atoms with Crippen LogP contribution >= 0.6 is 35.2 Å². The molecule has 3 rings (SSSR count). The number of rotatable bonds is 3. The van der Waals surface area contributed by atoms with Crippen LogP contribution in [0.15, 0.2) is 40.8 Å². The van der Waals surface area contributed by atoms with Crippen molar-refractivity contribution < 1.29 is 9.52 Å². The Morgan fingerprint density at radius 1 is 1.20 bits per heavy atom. The smallest absolute Gasteiger partial charge is 0.204 e. The second-order valence-electron chi connectivity index (χ2n) is 4.24. The van der Waals surface area contributed by atoms with E-state index in [4.69, 9.17) is 28.2 Å². The minimum absolute atomic E-state index is 0.115. The van der Waals surface area contributed by atoms with Gasteiger partial charge in [0.05, 0.1) is 4.88 Å². The molecule has 0 aliphatic rings. The molecule has 0 saturated carbocycles. The standard InChI is InChI=1S/C14H10ClNO2S2/c15-9-3-1-8(2-4-9)11-6-5-10(18-11)7-12-13(17)16-14(19)20-12/h1-6,17H,7H2,(H,16,19). The molecular formula is C14H10ClNO2S2. The lowest BCUT2D eigenvalue weighted by molar-refractivity contribution is 0.448. The minimum atomic E-state index is 0.115. The van der Waals surface area contributed by atoms with Crippen molar-refractivity contribution in [1.29, 1.82) is 0 Å². The maximum Gasteiger partial charge on any atom is 0.204 e. The fourth-order valence-corrected chi connectivity index (χ4v) is 3.13. The summed E-state index contributed by atoms with van der Waals surface area (Å²) in [5.41, 5.74) is 0.964. The lowest BCUT2D eigenvalue weighted by Crippen LogP contribution is -1.81. The summed E-state index contributed by atoms with van der Waals surface area (Å²) in [4.78, 5) is 3.48. The number of aromatic nitrogens is 1. The molecule has 0 radical (unpaired) electrons. The molecule has 0 fully saturated rings. The van der Waals surface area contributed by atoms with Gasteiger partial charge in [-0.2, -0.15) is 0 Å². The Balaban J connectivity index is 1.85. The number of furan rings is 1. The van der Waals surface area contributed by atoms with Gasteiger partial charge in [0.15, 0.2) is 3.95 Å². The Labute approximate surface area is 129 Å². The summed E-state index contributed by atoms with van der Waals surface area (Å²) >= 11 is 12.2. The molecule has 3 aromatic rings. The quantitative estimate of drug-likeness (QED) is 0.666. The largest absolute Gasteiger partial charge is 0.494 e. The molecule has 0 spiro atoms. The summed E-state index contributed by atoms with van der Waals surface area (Å²) in [6.07, 6.45) is 0.511. The molecule has 20 heavy (non-hydrogen) atoms. The SMILES string of the molecule is Oc1[nH]c(=S)sc1Cc1ccc(-c2ccc(Cl)cc2)o1. The van der Waals surface area contributed by atoms with Gasteiger partial charge in [-0.05, 0) is 48.6 Å². The number of aromatic hydroxyl groups is 1. The Bertz CT molecular complexity index is 786. The highest BCUT2D eigenvalue weighted by Gasteiger charge is 2.10. The van der Waals surface area contributed by atoms with Gasteiger partial charge in [0, 0.05) is 17.0 Å². The molecule has 2 heterocycles. The van der Waals surface area contributed by atoms with Crippen LogP contribution in [0.25, 0.3) is 11.3 Å². The van der Waals surface area contributed by atoms with Crippen LogP contribution < -0.4 is 0 Å². The molecule has 0 saturated heterocycles. The topological polar surface area (TPSA) is 49.2 Å². The van der Waals surface area contributed by atoms with Gasteiger partial charge in [0.25, 0.3) is 0 Å². The maximum absolute atomic E-state index is 9.68. The van der Waals surface area contributed by atoms with Crippen molar-refractivity contribution in [3.05, 3.63) is 56.0 Å². The molecule has 102 valence electrons. The van der Waals surface area contributed by atoms with E-state index in [1.54, 1.807) is 0 Å². The number of hydrogen-bond donors (Lipinski definition) is 2. The summed E-state index contributed by atoms with van der Waals surface area (Å²) in [6.45, 7) is 0. The molecule has 0 atom stereocenters. The lowest BCUT2D eigenvalue weighted by atomic mass is 10.2. The van der Waals surface area contributed by atoms with E-state index in [2.05, 4.69) is 4.98 Å². The van der Waals surface area contributed by atoms with Gasteiger partial charge >= 0.3 is 0 Å². The van der Waals surface area contributed by atoms with Gasteiger partial charge in [0.2, 0.25) is 5.88 Å². The van der Waals surface area contributed by atoms with E-state index in [1.807, 2.05) is 36.4 Å². The summed E-state index contributed by atoms with van der Waals surface area (Å²) in [5, 5.41) is 10.4. The maximum atomic E-state index is 9.68. The van der Waals surface area contributed by atoms with Crippen LogP contribution in [0.1, 0.15) is 10.6 Å². The fraction of sp³-hybridized carbons (Fsp3) is 0.0714. The average molecular weight is 324 g/mol. The normalized spacial score (nSPS) is 10.8. The summed E-state index contributed by atoms with van der Waals surface area (Å²) in [6, 6.07) is 11.3. The Kier molecular flexibility index (Phi) is 3.65. The molecular weight excluding hydrogens is 314 g/mol. The van der Waals surface area contributed by atoms with Crippen LogP contribution in [-0.4, -0.2) is 10.1 Å². The first-order chi connectivity index (χ1) is 9.61. The molecule has 3 nitrogen and oxygen atoms in total. The highest BCUT2D eigenvalue weighted by Crippen LogP contribution is 2.28. The number of H-pyrrole nitrogens is 1. The van der Waals surface area contributed by atoms with E-state index in [-0.39, 0.29) is 5.88 Å². The van der Waals surface area contributed by atoms with Crippen molar-refractivity contribution in [3.63, 3.8) is 0 Å². The molecule has 2 N–H and O–H groups in total. The van der Waals surface area contributed by atoms with Crippen LogP contribution in [0.2, 0.25) is 5.02 Å². The van der Waals surface area contributed by atoms with Crippen molar-refractivity contribution in [1.82, 2.24) is 4.98 Å². The highest BCUT2D eigenvalue weighted by molar-refractivity contribution is 7.73. The zero-order valence-corrected chi connectivity index (χ0v) is 12.6. The average Bonchev–Trinajstić information content (AvgIpc) is 2.98. The van der Waals surface area contributed by atoms with Crippen LogP contribution in [0, 0.1) is 3.95 Å². The predicted octanol–water partition coefficient (Wildman–Crippen LogP) is 5.02. The molecule has 0 aliphatic carbocycles. The van der Waals surface area contributed by atoms with Crippen LogP contribution in [0.5, 0.6) is 5.88 Å². The van der Waals surface area contributed by atoms with Gasteiger partial charge in [-0.15, -0.1) is 11.3 Å². The number of halogens is 1. The van der Waals surface area contributed by atoms with Gasteiger partial charge < -0.3 is 14.5 Å². The van der Waals surface area contributed by atoms with Crippen LogP contribution in [0.4, 0.5) is 0 Å². The first-order valence-electron chi connectivity index (χ1n) is 5.87. The van der Waals surface area contributed by atoms with Crippen molar-refractivity contribution in [2.24, 2.45) is 0 Å². The van der Waals surface area contributed by atoms with Crippen molar-refractivity contribution in [3.8, 4) is 17.2 Å². The van der Waals surface area contributed by atoms with Crippen molar-refractivity contribution >= 4 is 35.2 Å². The molecule has 0 unspecified atom stereocenters. The Morgan fingerprint density at radius 2 is 1.95 bits per heavy atom. The Morgan fingerprint density at radius 3 is 2.60 bits per heavy atom. The summed E-state index contributed by atoms with van der Waals surface area (Å²) in [5.74, 6) is 1.66. The van der Waals surface area contributed by atoms with Crippen LogP contribution in [-0.2, 0) is 6.42 Å². The monoisotopic (exact) mass is 323 g/mol. The molecule has 1 aromatic carbocycles. The van der Waals surface area contributed by atoms with Crippen molar-refractivity contribution in [2.75, 3.05) is 0 Å². The van der Waals surface area contributed by atoms with Crippen LogP contribution in [0.3, 0.4) is 0 Å². The molecule has 0 amide bonds. The summed E-state index contributed by atoms with van der Waals surface area (Å²) < 4.78 is 6.34. The predicted molar refractivity (Wildman–Crippen MR) is 83.1 cm³/mol. The zero-order chi connectivity index (χ0) is 14.1. The molecule has 6 heteroatoms. The second kappa shape index (κ2) is 5.44. The van der Waals surface area contributed by atoms with E-state index in [1.165, 1.54) is 11.3 Å². The second-order valence-corrected chi connectivity index (χ2v) is 6.44. The van der Waals surface area contributed by atoms with E-state index >= 15 is 0 Å².